The number of hydrogen-bond donors (Lipinski definition) is 1. The lowest BCUT2D eigenvalue weighted by molar-refractivity contribution is -0.170. The Kier molecular flexibility index (Phi) is 4.89. The van der Waals surface area contributed by atoms with E-state index in [9.17, 15) is 9.59 Å². The number of carbonyl (C=O) groups is 2. The normalized spacial score (nSPS) is 26.6. The van der Waals surface area contributed by atoms with E-state index in [1.807, 2.05) is 6.92 Å². The zero-order valence-electron chi connectivity index (χ0n) is 10.4. The van der Waals surface area contributed by atoms with E-state index in [0.717, 1.165) is 0 Å². The molecule has 2 unspecified atom stereocenters. The second kappa shape index (κ2) is 5.97. The highest BCUT2D eigenvalue weighted by molar-refractivity contribution is 5.82. The predicted octanol–water partition coefficient (Wildman–Crippen LogP) is 0.112. The van der Waals surface area contributed by atoms with Crippen molar-refractivity contribution in [3.05, 3.63) is 0 Å². The molecular weight excluding hydrogens is 226 g/mol. The van der Waals surface area contributed by atoms with Crippen LogP contribution in [0, 0.1) is 0 Å². The molecule has 1 heterocycles. The number of carboxylic acid groups (broad SMARTS) is 1. The van der Waals surface area contributed by atoms with Crippen LogP contribution in [0.1, 0.15) is 20.3 Å². The summed E-state index contributed by atoms with van der Waals surface area (Å²) in [6.07, 6.45) is -1.16. The molecule has 0 aromatic carbocycles. The van der Waals surface area contributed by atoms with E-state index in [1.54, 1.807) is 6.92 Å². The Morgan fingerprint density at radius 2 is 2.18 bits per heavy atom. The monoisotopic (exact) mass is 245 g/mol. The molecule has 1 N–H and O–H groups in total. The van der Waals surface area contributed by atoms with E-state index in [-0.39, 0.29) is 18.6 Å². The Bertz CT molecular complexity index is 290. The Morgan fingerprint density at radius 1 is 1.53 bits per heavy atom. The third-order valence-electron chi connectivity index (χ3n) is 2.78. The average Bonchev–Trinajstić information content (AvgIpc) is 2.29. The fourth-order valence-electron chi connectivity index (χ4n) is 1.91. The summed E-state index contributed by atoms with van der Waals surface area (Å²) in [7, 11) is 1.48. The van der Waals surface area contributed by atoms with Crippen molar-refractivity contribution in [1.29, 1.82) is 0 Å². The van der Waals surface area contributed by atoms with Gasteiger partial charge in [-0.3, -0.25) is 4.79 Å². The Hall–Kier alpha value is -1.14. The van der Waals surface area contributed by atoms with Gasteiger partial charge in [-0.2, -0.15) is 0 Å². The van der Waals surface area contributed by atoms with E-state index >= 15 is 0 Å². The minimum atomic E-state index is -1.04. The zero-order valence-corrected chi connectivity index (χ0v) is 10.4. The van der Waals surface area contributed by atoms with Gasteiger partial charge in [0.2, 0.25) is 0 Å². The zero-order chi connectivity index (χ0) is 13.0. The lowest BCUT2D eigenvalue weighted by atomic mass is 10.1. The molecule has 1 aliphatic rings. The summed E-state index contributed by atoms with van der Waals surface area (Å²) >= 11 is 0. The van der Waals surface area contributed by atoms with Crippen molar-refractivity contribution < 1.29 is 24.2 Å². The molecule has 0 aromatic heterocycles. The predicted molar refractivity (Wildman–Crippen MR) is 59.6 cm³/mol. The molecule has 0 radical (unpaired) electrons. The Morgan fingerprint density at radius 3 is 2.65 bits per heavy atom. The highest BCUT2D eigenvalue weighted by atomic mass is 16.5. The number of rotatable bonds is 4. The number of carbonyl (C=O) groups excluding carboxylic acids is 1. The van der Waals surface area contributed by atoms with Crippen LogP contribution in [0.4, 0.5) is 0 Å². The van der Waals surface area contributed by atoms with Gasteiger partial charge in [0.05, 0.1) is 12.6 Å². The van der Waals surface area contributed by atoms with Crippen molar-refractivity contribution in [2.75, 3.05) is 20.2 Å². The fourth-order valence-corrected chi connectivity index (χ4v) is 1.91. The smallest absolute Gasteiger partial charge is 0.334 e. The van der Waals surface area contributed by atoms with E-state index in [0.29, 0.717) is 13.0 Å². The number of morpholine rings is 1. The lowest BCUT2D eigenvalue weighted by Gasteiger charge is -2.36. The van der Waals surface area contributed by atoms with Crippen molar-refractivity contribution in [2.45, 2.75) is 38.6 Å². The van der Waals surface area contributed by atoms with Crippen molar-refractivity contribution in [3.63, 3.8) is 0 Å². The van der Waals surface area contributed by atoms with Gasteiger partial charge in [0.25, 0.3) is 5.91 Å². The van der Waals surface area contributed by atoms with Crippen LogP contribution >= 0.6 is 0 Å². The molecule has 17 heavy (non-hydrogen) atoms. The van der Waals surface area contributed by atoms with Crippen molar-refractivity contribution in [2.24, 2.45) is 0 Å². The summed E-state index contributed by atoms with van der Waals surface area (Å²) in [6, 6.07) is 0. The molecule has 1 fully saturated rings. The van der Waals surface area contributed by atoms with Gasteiger partial charge in [0, 0.05) is 13.7 Å². The van der Waals surface area contributed by atoms with Crippen LogP contribution in [-0.4, -0.2) is 60.4 Å². The quantitative estimate of drug-likeness (QED) is 0.761. The van der Waals surface area contributed by atoms with Crippen LogP contribution in [0.5, 0.6) is 0 Å². The third-order valence-corrected chi connectivity index (χ3v) is 2.78. The largest absolute Gasteiger partial charge is 0.479 e. The number of aliphatic carboxylic acids is 1. The van der Waals surface area contributed by atoms with Gasteiger partial charge in [-0.05, 0) is 13.3 Å². The number of nitrogens with zero attached hydrogens (tertiary/aromatic N) is 1. The molecule has 1 saturated heterocycles. The minimum absolute atomic E-state index is 0.0817. The summed E-state index contributed by atoms with van der Waals surface area (Å²) in [4.78, 5) is 24.4. The molecule has 1 rings (SSSR count). The van der Waals surface area contributed by atoms with Gasteiger partial charge in [-0.25, -0.2) is 4.79 Å². The van der Waals surface area contributed by atoms with E-state index in [4.69, 9.17) is 14.6 Å². The first-order chi connectivity index (χ1) is 7.99. The summed E-state index contributed by atoms with van der Waals surface area (Å²) < 4.78 is 10.3. The van der Waals surface area contributed by atoms with E-state index in [2.05, 4.69) is 0 Å². The average molecular weight is 245 g/mol. The van der Waals surface area contributed by atoms with E-state index < -0.39 is 18.2 Å². The second-order valence-corrected chi connectivity index (χ2v) is 4.15. The number of ether oxygens (including phenoxy) is 2. The number of methoxy groups -OCH3 is 1. The van der Waals surface area contributed by atoms with Gasteiger partial charge in [0.1, 0.15) is 6.10 Å². The first kappa shape index (κ1) is 13.9. The molecule has 0 spiro atoms. The summed E-state index contributed by atoms with van der Waals surface area (Å²) in [5, 5.41) is 8.91. The molecule has 0 saturated carbocycles. The molecule has 0 bridgehead atoms. The van der Waals surface area contributed by atoms with Crippen LogP contribution in [0.2, 0.25) is 0 Å². The molecule has 0 aliphatic carbocycles. The number of amides is 1. The van der Waals surface area contributed by atoms with Crippen molar-refractivity contribution in [3.8, 4) is 0 Å². The highest BCUT2D eigenvalue weighted by Gasteiger charge is 2.34. The Labute approximate surface area is 100 Å². The molecule has 1 aliphatic heterocycles. The van der Waals surface area contributed by atoms with Gasteiger partial charge < -0.3 is 19.5 Å². The van der Waals surface area contributed by atoms with Gasteiger partial charge in [0.15, 0.2) is 6.10 Å². The molecule has 0 aromatic rings. The van der Waals surface area contributed by atoms with Crippen molar-refractivity contribution >= 4 is 11.9 Å². The lowest BCUT2D eigenvalue weighted by Crippen LogP contribution is -2.54. The first-order valence-electron chi connectivity index (χ1n) is 5.69. The first-order valence-corrected chi connectivity index (χ1v) is 5.69. The van der Waals surface area contributed by atoms with Crippen LogP contribution < -0.4 is 0 Å². The van der Waals surface area contributed by atoms with Crippen LogP contribution in [0.15, 0.2) is 0 Å². The summed E-state index contributed by atoms with van der Waals surface area (Å²) in [6.45, 7) is 4.09. The van der Waals surface area contributed by atoms with Crippen LogP contribution in [0.25, 0.3) is 0 Å². The molecule has 98 valence electrons. The maximum atomic E-state index is 12.0. The van der Waals surface area contributed by atoms with Gasteiger partial charge >= 0.3 is 5.97 Å². The standard InChI is InChI=1S/C11H19NO5/c1-4-8(16-3)10(13)12-5-7(2)17-9(6-12)11(14)15/h7-9H,4-6H2,1-3H3,(H,14,15)/t7-,8?,9?/m1/s1. The maximum Gasteiger partial charge on any atom is 0.334 e. The Balaban J connectivity index is 2.69. The molecule has 1 amide bonds. The van der Waals surface area contributed by atoms with Gasteiger partial charge in [-0.15, -0.1) is 0 Å². The molecule has 6 heteroatoms. The molecular formula is C11H19NO5. The summed E-state index contributed by atoms with van der Waals surface area (Å²) in [5.74, 6) is -1.21. The minimum Gasteiger partial charge on any atom is -0.479 e. The molecule has 6 nitrogen and oxygen atoms in total. The van der Waals surface area contributed by atoms with E-state index in [1.165, 1.54) is 12.0 Å². The fraction of sp³-hybridized carbons (Fsp3) is 0.818. The molecule has 3 atom stereocenters. The summed E-state index contributed by atoms with van der Waals surface area (Å²) in [5.41, 5.74) is 0. The third kappa shape index (κ3) is 3.41. The van der Waals surface area contributed by atoms with Crippen LogP contribution in [-0.2, 0) is 19.1 Å². The topological polar surface area (TPSA) is 76.1 Å². The number of carboxylic acids is 1. The second-order valence-electron chi connectivity index (χ2n) is 4.15. The van der Waals surface area contributed by atoms with Crippen molar-refractivity contribution in [1.82, 2.24) is 4.90 Å². The van der Waals surface area contributed by atoms with Gasteiger partial charge in [-0.1, -0.05) is 6.92 Å². The highest BCUT2D eigenvalue weighted by Crippen LogP contribution is 2.14. The maximum absolute atomic E-state index is 12.0. The SMILES string of the molecule is CCC(OC)C(=O)N1CC(C(=O)O)O[C@H](C)C1. The van der Waals surface area contributed by atoms with Crippen LogP contribution in [0.3, 0.4) is 0 Å². The number of hydrogen-bond acceptors (Lipinski definition) is 4.